The highest BCUT2D eigenvalue weighted by Crippen LogP contribution is 2.35. The van der Waals surface area contributed by atoms with E-state index in [1.807, 2.05) is 0 Å². The van der Waals surface area contributed by atoms with Crippen LogP contribution in [0.4, 0.5) is 9.59 Å². The summed E-state index contributed by atoms with van der Waals surface area (Å²) in [6.45, 7) is 6.74. The highest BCUT2D eigenvalue weighted by molar-refractivity contribution is 5.96. The quantitative estimate of drug-likeness (QED) is 0.253. The summed E-state index contributed by atoms with van der Waals surface area (Å²) in [5, 5.41) is 10.7. The van der Waals surface area contributed by atoms with Gasteiger partial charge in [0.05, 0.1) is 36.4 Å². The minimum Gasteiger partial charge on any atom is -0.463 e. The summed E-state index contributed by atoms with van der Waals surface area (Å²) in [7, 11) is 0. The molecule has 4 N–H and O–H groups in total. The summed E-state index contributed by atoms with van der Waals surface area (Å²) in [5.41, 5.74) is 2.31. The SMILES string of the molecule is CCOC(=O)C1=C(C)NC(=O)NC1c1ccccc1OCOc1ccccc1C1NC(=O)NC(C)=C1C(=O)OCC. The van der Waals surface area contributed by atoms with Crippen LogP contribution in [0.1, 0.15) is 50.9 Å². The first-order chi connectivity index (χ1) is 19.7. The normalized spacial score (nSPS) is 18.4. The van der Waals surface area contributed by atoms with Gasteiger partial charge in [0.2, 0.25) is 6.79 Å². The van der Waals surface area contributed by atoms with Crippen molar-refractivity contribution >= 4 is 24.0 Å². The van der Waals surface area contributed by atoms with Crippen LogP contribution in [0.5, 0.6) is 11.5 Å². The average Bonchev–Trinajstić information content (AvgIpc) is 2.93. The molecule has 12 heteroatoms. The number of nitrogens with one attached hydrogen (secondary N) is 4. The fraction of sp³-hybridized carbons (Fsp3) is 0.310. The van der Waals surface area contributed by atoms with Gasteiger partial charge in [-0.15, -0.1) is 0 Å². The number of para-hydroxylation sites is 2. The van der Waals surface area contributed by atoms with Gasteiger partial charge in [-0.05, 0) is 39.8 Å². The van der Waals surface area contributed by atoms with Gasteiger partial charge in [-0.3, -0.25) is 0 Å². The molecule has 41 heavy (non-hydrogen) atoms. The van der Waals surface area contributed by atoms with E-state index >= 15 is 0 Å². The standard InChI is InChI=1S/C29H32N4O8/c1-5-38-26(34)22-16(3)30-28(36)32-24(22)18-11-7-9-13-20(18)40-15-41-21-14-10-8-12-19(21)25-23(27(35)39-6-2)17(4)31-29(37)33-25/h7-14,24-25H,5-6,15H2,1-4H3,(H2,30,32,36)(H2,31,33,37). The zero-order valence-corrected chi connectivity index (χ0v) is 23.2. The molecule has 2 aliphatic heterocycles. The second-order valence-electron chi connectivity index (χ2n) is 9.06. The van der Waals surface area contributed by atoms with Crippen molar-refractivity contribution in [2.24, 2.45) is 0 Å². The van der Waals surface area contributed by atoms with Crippen molar-refractivity contribution < 1.29 is 38.1 Å². The highest BCUT2D eigenvalue weighted by Gasteiger charge is 2.35. The Balaban J connectivity index is 1.58. The third kappa shape index (κ3) is 6.43. The molecule has 2 atom stereocenters. The first kappa shape index (κ1) is 29.0. The van der Waals surface area contributed by atoms with Crippen LogP contribution in [-0.2, 0) is 19.1 Å². The Labute approximate surface area is 237 Å². The Morgan fingerprint density at radius 3 is 1.46 bits per heavy atom. The fourth-order valence-electron chi connectivity index (χ4n) is 4.67. The lowest BCUT2D eigenvalue weighted by Crippen LogP contribution is -2.45. The number of hydrogen-bond donors (Lipinski definition) is 4. The molecule has 0 saturated carbocycles. The Morgan fingerprint density at radius 1 is 0.683 bits per heavy atom. The lowest BCUT2D eigenvalue weighted by Gasteiger charge is -2.29. The lowest BCUT2D eigenvalue weighted by molar-refractivity contribution is -0.140. The van der Waals surface area contributed by atoms with E-state index in [9.17, 15) is 19.2 Å². The van der Waals surface area contributed by atoms with Gasteiger partial charge >= 0.3 is 24.0 Å². The smallest absolute Gasteiger partial charge is 0.338 e. The Kier molecular flexibility index (Phi) is 9.12. The third-order valence-electron chi connectivity index (χ3n) is 6.42. The number of rotatable bonds is 10. The molecule has 2 heterocycles. The number of ether oxygens (including phenoxy) is 4. The number of amides is 4. The molecule has 2 aromatic rings. The molecule has 4 rings (SSSR count). The van der Waals surface area contributed by atoms with Crippen molar-refractivity contribution in [1.29, 1.82) is 0 Å². The second kappa shape index (κ2) is 12.9. The Bertz CT molecular complexity index is 1310. The molecule has 2 unspecified atom stereocenters. The first-order valence-corrected chi connectivity index (χ1v) is 13.1. The van der Waals surface area contributed by atoms with Crippen LogP contribution in [0.2, 0.25) is 0 Å². The number of urea groups is 2. The van der Waals surface area contributed by atoms with Gasteiger partial charge in [-0.25, -0.2) is 19.2 Å². The zero-order valence-electron chi connectivity index (χ0n) is 23.2. The van der Waals surface area contributed by atoms with E-state index in [1.54, 1.807) is 76.2 Å². The summed E-state index contributed by atoms with van der Waals surface area (Å²) in [5.74, 6) is -0.394. The van der Waals surface area contributed by atoms with Crippen LogP contribution >= 0.6 is 0 Å². The van der Waals surface area contributed by atoms with E-state index in [2.05, 4.69) is 21.3 Å². The predicted octanol–water partition coefficient (Wildman–Crippen LogP) is 3.48. The van der Waals surface area contributed by atoms with Crippen molar-refractivity contribution in [2.45, 2.75) is 39.8 Å². The maximum Gasteiger partial charge on any atom is 0.338 e. The van der Waals surface area contributed by atoms with Crippen molar-refractivity contribution in [1.82, 2.24) is 21.3 Å². The summed E-state index contributed by atoms with van der Waals surface area (Å²) in [4.78, 5) is 50.1. The maximum absolute atomic E-state index is 12.8. The van der Waals surface area contributed by atoms with Crippen LogP contribution in [0, 0.1) is 0 Å². The van der Waals surface area contributed by atoms with Gasteiger partial charge in [0, 0.05) is 22.5 Å². The number of esters is 2. The molecule has 0 saturated heterocycles. The topological polar surface area (TPSA) is 153 Å². The first-order valence-electron chi connectivity index (χ1n) is 13.1. The van der Waals surface area contributed by atoms with Crippen LogP contribution in [0.25, 0.3) is 0 Å². The fourth-order valence-corrected chi connectivity index (χ4v) is 4.67. The second-order valence-corrected chi connectivity index (χ2v) is 9.06. The molecule has 0 spiro atoms. The van der Waals surface area contributed by atoms with Gasteiger partial charge in [-0.1, -0.05) is 36.4 Å². The third-order valence-corrected chi connectivity index (χ3v) is 6.42. The van der Waals surface area contributed by atoms with E-state index in [1.165, 1.54) is 0 Å². The molecular formula is C29H32N4O8. The van der Waals surface area contributed by atoms with Crippen molar-refractivity contribution in [3.63, 3.8) is 0 Å². The summed E-state index contributed by atoms with van der Waals surface area (Å²) >= 11 is 0. The number of carbonyl (C=O) groups is 4. The monoisotopic (exact) mass is 564 g/mol. The molecule has 0 fully saturated rings. The molecule has 0 radical (unpaired) electrons. The molecular weight excluding hydrogens is 532 g/mol. The number of benzene rings is 2. The predicted molar refractivity (Wildman–Crippen MR) is 146 cm³/mol. The lowest BCUT2D eigenvalue weighted by atomic mass is 9.95. The average molecular weight is 565 g/mol. The van der Waals surface area contributed by atoms with E-state index in [0.717, 1.165) is 0 Å². The van der Waals surface area contributed by atoms with Crippen LogP contribution in [0.3, 0.4) is 0 Å². The zero-order chi connectivity index (χ0) is 29.5. The Hall–Kier alpha value is -5.00. The van der Waals surface area contributed by atoms with Gasteiger partial charge in [0.25, 0.3) is 0 Å². The summed E-state index contributed by atoms with van der Waals surface area (Å²) in [6.07, 6.45) is 0. The number of hydrogen-bond acceptors (Lipinski definition) is 8. The van der Waals surface area contributed by atoms with Gasteiger partial charge in [0.15, 0.2) is 0 Å². The molecule has 4 amide bonds. The highest BCUT2D eigenvalue weighted by atomic mass is 16.7. The molecule has 0 bridgehead atoms. The molecule has 216 valence electrons. The minimum absolute atomic E-state index is 0.172. The van der Waals surface area contributed by atoms with Crippen LogP contribution < -0.4 is 30.7 Å². The van der Waals surface area contributed by atoms with Crippen LogP contribution in [-0.4, -0.2) is 44.0 Å². The minimum atomic E-state index is -0.823. The Morgan fingerprint density at radius 2 is 1.07 bits per heavy atom. The van der Waals surface area contributed by atoms with Crippen molar-refractivity contribution in [3.05, 3.63) is 82.2 Å². The van der Waals surface area contributed by atoms with Crippen molar-refractivity contribution in [2.75, 3.05) is 20.0 Å². The largest absolute Gasteiger partial charge is 0.463 e. The van der Waals surface area contributed by atoms with E-state index < -0.39 is 36.1 Å². The molecule has 2 aliphatic rings. The number of carbonyl (C=O) groups excluding carboxylic acids is 4. The van der Waals surface area contributed by atoms with Gasteiger partial charge < -0.3 is 40.2 Å². The summed E-state index contributed by atoms with van der Waals surface area (Å²) in [6, 6.07) is 11.3. The van der Waals surface area contributed by atoms with E-state index in [-0.39, 0.29) is 31.2 Å². The van der Waals surface area contributed by atoms with Crippen molar-refractivity contribution in [3.8, 4) is 11.5 Å². The maximum atomic E-state index is 12.8. The van der Waals surface area contributed by atoms with Crippen LogP contribution in [0.15, 0.2) is 71.1 Å². The molecule has 2 aromatic carbocycles. The summed E-state index contributed by atoms with van der Waals surface area (Å²) < 4.78 is 22.4. The molecule has 12 nitrogen and oxygen atoms in total. The van der Waals surface area contributed by atoms with Gasteiger partial charge in [0.1, 0.15) is 11.5 Å². The number of allylic oxidation sites excluding steroid dienone is 2. The van der Waals surface area contributed by atoms with E-state index in [0.29, 0.717) is 34.0 Å². The van der Waals surface area contributed by atoms with E-state index in [4.69, 9.17) is 18.9 Å². The van der Waals surface area contributed by atoms with Gasteiger partial charge in [-0.2, -0.15) is 0 Å². The molecule has 0 aromatic heterocycles. The molecule has 0 aliphatic carbocycles.